The monoisotopic (exact) mass is 324 g/mol. The highest BCUT2D eigenvalue weighted by Crippen LogP contribution is 2.23. The van der Waals surface area contributed by atoms with Crippen LogP contribution in [0.4, 0.5) is 5.69 Å². The lowest BCUT2D eigenvalue weighted by molar-refractivity contribution is -0.120. The number of imidazole rings is 1. The molecule has 2 heterocycles. The maximum atomic E-state index is 12.7. The minimum Gasteiger partial charge on any atom is -0.342 e. The number of carbonyl (C=O) groups excluding carboxylic acids is 1. The van der Waals surface area contributed by atoms with Crippen LogP contribution in [0.15, 0.2) is 42.7 Å². The van der Waals surface area contributed by atoms with Gasteiger partial charge in [-0.1, -0.05) is 27.7 Å². The zero-order valence-electron chi connectivity index (χ0n) is 14.6. The molecule has 0 bridgehead atoms. The molecule has 0 saturated heterocycles. The highest BCUT2D eigenvalue weighted by Gasteiger charge is 2.23. The number of hydrogen-bond acceptors (Lipinski definition) is 2. The van der Waals surface area contributed by atoms with Crippen LogP contribution in [0.3, 0.4) is 0 Å². The number of anilines is 1. The normalized spacial score (nSPS) is 12.9. The third-order valence-corrected chi connectivity index (χ3v) is 4.16. The van der Waals surface area contributed by atoms with Gasteiger partial charge in [0, 0.05) is 24.0 Å². The number of benzene rings is 1. The zero-order chi connectivity index (χ0) is 17.3. The van der Waals surface area contributed by atoms with Crippen molar-refractivity contribution >= 4 is 22.6 Å². The maximum Gasteiger partial charge on any atom is 0.247 e. The van der Waals surface area contributed by atoms with E-state index < -0.39 is 0 Å². The van der Waals surface area contributed by atoms with Gasteiger partial charge in [0.25, 0.3) is 0 Å². The van der Waals surface area contributed by atoms with Crippen molar-refractivity contribution in [3.8, 4) is 0 Å². The summed E-state index contributed by atoms with van der Waals surface area (Å²) in [6.45, 7) is 8.31. The number of fused-ring (bicyclic) bond motifs is 1. The summed E-state index contributed by atoms with van der Waals surface area (Å²) in [5.41, 5.74) is 2.64. The lowest BCUT2D eigenvalue weighted by atomic mass is 10.0. The number of nitrogens with zero attached hydrogens (tertiary/aromatic N) is 2. The van der Waals surface area contributed by atoms with Gasteiger partial charge in [-0.3, -0.25) is 4.79 Å². The van der Waals surface area contributed by atoms with E-state index in [4.69, 9.17) is 0 Å². The summed E-state index contributed by atoms with van der Waals surface area (Å²) < 4.78 is 1.95. The Kier molecular flexibility index (Phi) is 4.42. The van der Waals surface area contributed by atoms with Gasteiger partial charge in [0.15, 0.2) is 0 Å². The molecule has 5 nitrogen and oxygen atoms in total. The molecule has 0 radical (unpaired) electrons. The molecule has 0 aliphatic heterocycles. The number of hydrogen-bond donors (Lipinski definition) is 2. The van der Waals surface area contributed by atoms with Gasteiger partial charge in [0.2, 0.25) is 5.91 Å². The van der Waals surface area contributed by atoms with Crippen molar-refractivity contribution in [2.75, 3.05) is 5.32 Å². The second-order valence-electron chi connectivity index (χ2n) is 6.82. The molecule has 126 valence electrons. The second kappa shape index (κ2) is 6.51. The molecule has 1 atom stereocenters. The molecule has 0 saturated carbocycles. The molecule has 1 aromatic carbocycles. The molecule has 2 aromatic heterocycles. The van der Waals surface area contributed by atoms with Crippen molar-refractivity contribution in [1.82, 2.24) is 14.5 Å². The molecule has 2 N–H and O–H groups in total. The fraction of sp³-hybridized carbons (Fsp3) is 0.368. The Bertz CT molecular complexity index is 830. The zero-order valence-corrected chi connectivity index (χ0v) is 14.6. The van der Waals surface area contributed by atoms with Crippen LogP contribution < -0.4 is 5.32 Å². The molecule has 3 rings (SSSR count). The van der Waals surface area contributed by atoms with Crippen molar-refractivity contribution < 1.29 is 4.79 Å². The number of aromatic nitrogens is 3. The van der Waals surface area contributed by atoms with Gasteiger partial charge >= 0.3 is 0 Å². The SMILES string of the molecule is CC(C)c1nc2ccc(NC(=O)[C@@H](C(C)C)n3cccc3)cc2[nH]1. The van der Waals surface area contributed by atoms with E-state index in [1.807, 2.05) is 47.3 Å². The number of amides is 1. The van der Waals surface area contributed by atoms with Crippen LogP contribution in [0.5, 0.6) is 0 Å². The third kappa shape index (κ3) is 3.20. The summed E-state index contributed by atoms with van der Waals surface area (Å²) in [5, 5.41) is 3.03. The second-order valence-corrected chi connectivity index (χ2v) is 6.82. The van der Waals surface area contributed by atoms with Crippen LogP contribution in [0.25, 0.3) is 11.0 Å². The molecular weight excluding hydrogens is 300 g/mol. The number of aromatic amines is 1. The topological polar surface area (TPSA) is 62.7 Å². The Morgan fingerprint density at radius 1 is 1.17 bits per heavy atom. The van der Waals surface area contributed by atoms with Crippen molar-refractivity contribution in [2.24, 2.45) is 5.92 Å². The number of nitrogens with one attached hydrogen (secondary N) is 2. The van der Waals surface area contributed by atoms with Gasteiger partial charge in [-0.2, -0.15) is 0 Å². The Labute approximate surface area is 142 Å². The predicted molar refractivity (Wildman–Crippen MR) is 97.1 cm³/mol. The van der Waals surface area contributed by atoms with Gasteiger partial charge in [0.05, 0.1) is 11.0 Å². The van der Waals surface area contributed by atoms with Gasteiger partial charge in [-0.05, 0) is 36.2 Å². The average molecular weight is 324 g/mol. The molecular formula is C19H24N4O. The van der Waals surface area contributed by atoms with Crippen LogP contribution in [0.1, 0.15) is 45.5 Å². The standard InChI is InChI=1S/C19H24N4O/c1-12(2)17(23-9-5-6-10-23)19(24)20-14-7-8-15-16(11-14)22-18(21-15)13(3)4/h5-13,17H,1-4H3,(H,20,24)(H,21,22)/t17-/m1/s1. The first kappa shape index (κ1) is 16.3. The number of H-pyrrole nitrogens is 1. The van der Waals surface area contributed by atoms with Gasteiger partial charge in [-0.25, -0.2) is 4.98 Å². The Balaban J connectivity index is 1.84. The molecule has 0 aliphatic rings. The van der Waals surface area contributed by atoms with Crippen molar-refractivity contribution in [1.29, 1.82) is 0 Å². The molecule has 1 amide bonds. The summed E-state index contributed by atoms with van der Waals surface area (Å²) in [6, 6.07) is 9.42. The smallest absolute Gasteiger partial charge is 0.247 e. The van der Waals surface area contributed by atoms with Crippen molar-refractivity contribution in [3.63, 3.8) is 0 Å². The van der Waals surface area contributed by atoms with E-state index >= 15 is 0 Å². The van der Waals surface area contributed by atoms with Crippen LogP contribution in [-0.2, 0) is 4.79 Å². The first-order valence-electron chi connectivity index (χ1n) is 8.38. The van der Waals surface area contributed by atoms with E-state index in [1.165, 1.54) is 0 Å². The fourth-order valence-corrected chi connectivity index (χ4v) is 2.91. The molecule has 0 aliphatic carbocycles. The molecule has 0 spiro atoms. The highest BCUT2D eigenvalue weighted by atomic mass is 16.2. The van der Waals surface area contributed by atoms with Crippen LogP contribution in [-0.4, -0.2) is 20.4 Å². The lowest BCUT2D eigenvalue weighted by Gasteiger charge is -2.22. The summed E-state index contributed by atoms with van der Waals surface area (Å²) in [7, 11) is 0. The predicted octanol–water partition coefficient (Wildman–Crippen LogP) is 4.32. The van der Waals surface area contributed by atoms with E-state index in [1.54, 1.807) is 0 Å². The van der Waals surface area contributed by atoms with Gasteiger partial charge in [-0.15, -0.1) is 0 Å². The largest absolute Gasteiger partial charge is 0.342 e. The molecule has 0 unspecified atom stereocenters. The first-order chi connectivity index (χ1) is 11.5. The van der Waals surface area contributed by atoms with E-state index in [-0.39, 0.29) is 17.9 Å². The summed E-state index contributed by atoms with van der Waals surface area (Å²) >= 11 is 0. The van der Waals surface area contributed by atoms with Gasteiger partial charge in [0.1, 0.15) is 11.9 Å². The van der Waals surface area contributed by atoms with E-state index in [0.29, 0.717) is 5.92 Å². The maximum absolute atomic E-state index is 12.7. The van der Waals surface area contributed by atoms with E-state index in [9.17, 15) is 4.79 Å². The van der Waals surface area contributed by atoms with E-state index in [2.05, 4.69) is 43.0 Å². The third-order valence-electron chi connectivity index (χ3n) is 4.16. The quantitative estimate of drug-likeness (QED) is 0.734. The van der Waals surface area contributed by atoms with Crippen molar-refractivity contribution in [3.05, 3.63) is 48.5 Å². The van der Waals surface area contributed by atoms with Gasteiger partial charge < -0.3 is 14.9 Å². The minimum absolute atomic E-state index is 0.0100. The van der Waals surface area contributed by atoms with E-state index in [0.717, 1.165) is 22.5 Å². The molecule has 0 fully saturated rings. The highest BCUT2D eigenvalue weighted by molar-refractivity contribution is 5.95. The molecule has 5 heteroatoms. The Morgan fingerprint density at radius 2 is 1.88 bits per heavy atom. The van der Waals surface area contributed by atoms with Crippen LogP contribution >= 0.6 is 0 Å². The minimum atomic E-state index is -0.233. The fourth-order valence-electron chi connectivity index (χ4n) is 2.91. The van der Waals surface area contributed by atoms with Crippen molar-refractivity contribution in [2.45, 2.75) is 39.7 Å². The molecule has 3 aromatic rings. The number of rotatable bonds is 5. The van der Waals surface area contributed by atoms with Crippen LogP contribution in [0, 0.1) is 5.92 Å². The number of carbonyl (C=O) groups is 1. The Morgan fingerprint density at radius 3 is 2.50 bits per heavy atom. The average Bonchev–Trinajstić information content (AvgIpc) is 3.15. The lowest BCUT2D eigenvalue weighted by Crippen LogP contribution is -2.29. The van der Waals surface area contributed by atoms with Crippen LogP contribution in [0.2, 0.25) is 0 Å². The summed E-state index contributed by atoms with van der Waals surface area (Å²) in [5.74, 6) is 1.49. The summed E-state index contributed by atoms with van der Waals surface area (Å²) in [6.07, 6.45) is 3.86. The first-order valence-corrected chi connectivity index (χ1v) is 8.38. The Hall–Kier alpha value is -2.56. The summed E-state index contributed by atoms with van der Waals surface area (Å²) in [4.78, 5) is 20.6. The molecule has 24 heavy (non-hydrogen) atoms.